The summed E-state index contributed by atoms with van der Waals surface area (Å²) in [5, 5.41) is 29.3. The predicted molar refractivity (Wildman–Crippen MR) is 74.7 cm³/mol. The van der Waals surface area contributed by atoms with Gasteiger partial charge in [0.1, 0.15) is 17.2 Å². The number of ketones is 3. The van der Waals surface area contributed by atoms with Crippen LogP contribution in [0.25, 0.3) is 0 Å². The minimum Gasteiger partial charge on any atom is -0.508 e. The summed E-state index contributed by atoms with van der Waals surface area (Å²) in [6.07, 6.45) is 0. The quantitative estimate of drug-likeness (QED) is 0.590. The normalized spacial score (nSPS) is 12.8. The summed E-state index contributed by atoms with van der Waals surface area (Å²) in [6.45, 7) is 1.27. The highest BCUT2D eigenvalue weighted by Crippen LogP contribution is 2.39. The van der Waals surface area contributed by atoms with Gasteiger partial charge in [-0.25, -0.2) is 0 Å². The molecule has 0 spiro atoms. The summed E-state index contributed by atoms with van der Waals surface area (Å²) in [4.78, 5) is 36.4. The fraction of sp³-hybridized carbons (Fsp3) is 0.0625. The molecule has 2 aromatic carbocycles. The molecule has 0 aliphatic heterocycles. The van der Waals surface area contributed by atoms with Crippen LogP contribution in [0.3, 0.4) is 0 Å². The molecule has 0 saturated carbocycles. The molecule has 0 radical (unpaired) electrons. The van der Waals surface area contributed by atoms with Crippen molar-refractivity contribution in [3.8, 4) is 17.2 Å². The first-order valence-electron chi connectivity index (χ1n) is 6.34. The number of rotatable bonds is 1. The van der Waals surface area contributed by atoms with Gasteiger partial charge in [0, 0.05) is 22.8 Å². The van der Waals surface area contributed by atoms with Crippen molar-refractivity contribution in [2.75, 3.05) is 0 Å². The molecule has 1 aliphatic rings. The highest BCUT2D eigenvalue weighted by atomic mass is 16.3. The molecule has 22 heavy (non-hydrogen) atoms. The van der Waals surface area contributed by atoms with E-state index < -0.39 is 23.1 Å². The molecular weight excluding hydrogens is 288 g/mol. The zero-order valence-corrected chi connectivity index (χ0v) is 11.4. The number of fused-ring (bicyclic) bond motifs is 2. The Balaban J connectivity index is 2.36. The first-order chi connectivity index (χ1) is 10.3. The Morgan fingerprint density at radius 3 is 1.95 bits per heavy atom. The van der Waals surface area contributed by atoms with Crippen LogP contribution in [-0.4, -0.2) is 32.7 Å². The fourth-order valence-electron chi connectivity index (χ4n) is 2.55. The number of Topliss-reactive ketones (excluding diaryl/α,β-unsaturated/α-hetero) is 1. The largest absolute Gasteiger partial charge is 0.508 e. The van der Waals surface area contributed by atoms with Gasteiger partial charge in [0.15, 0.2) is 11.6 Å². The van der Waals surface area contributed by atoms with Crippen LogP contribution in [-0.2, 0) is 0 Å². The Bertz CT molecular complexity index is 879. The van der Waals surface area contributed by atoms with Crippen molar-refractivity contribution in [3.63, 3.8) is 0 Å². The summed E-state index contributed by atoms with van der Waals surface area (Å²) in [6, 6.07) is 4.34. The van der Waals surface area contributed by atoms with Gasteiger partial charge in [-0.2, -0.15) is 0 Å². The number of hydrogen-bond donors (Lipinski definition) is 3. The summed E-state index contributed by atoms with van der Waals surface area (Å²) < 4.78 is 0. The van der Waals surface area contributed by atoms with Crippen LogP contribution in [0.4, 0.5) is 0 Å². The maximum absolute atomic E-state index is 12.5. The van der Waals surface area contributed by atoms with Gasteiger partial charge in [-0.05, 0) is 25.1 Å². The molecule has 110 valence electrons. The van der Waals surface area contributed by atoms with Gasteiger partial charge in [0.25, 0.3) is 0 Å². The van der Waals surface area contributed by atoms with E-state index in [1.807, 2.05) is 0 Å². The molecule has 6 heteroatoms. The van der Waals surface area contributed by atoms with Gasteiger partial charge in [-0.15, -0.1) is 0 Å². The Labute approximate surface area is 124 Å². The van der Waals surface area contributed by atoms with Gasteiger partial charge in [0.05, 0.1) is 11.1 Å². The summed E-state index contributed by atoms with van der Waals surface area (Å²) in [5.41, 5.74) is -0.752. The number of benzene rings is 2. The number of hydrogen-bond acceptors (Lipinski definition) is 6. The van der Waals surface area contributed by atoms with Gasteiger partial charge in [-0.1, -0.05) is 0 Å². The molecular formula is C16H10O6. The van der Waals surface area contributed by atoms with Gasteiger partial charge in [0.2, 0.25) is 5.78 Å². The molecule has 0 heterocycles. The molecule has 6 nitrogen and oxygen atoms in total. The average molecular weight is 298 g/mol. The van der Waals surface area contributed by atoms with Crippen LogP contribution >= 0.6 is 0 Å². The molecule has 3 N–H and O–H groups in total. The van der Waals surface area contributed by atoms with Crippen LogP contribution in [0.2, 0.25) is 0 Å². The lowest BCUT2D eigenvalue weighted by Crippen LogP contribution is -2.21. The monoisotopic (exact) mass is 298 g/mol. The Morgan fingerprint density at radius 1 is 0.818 bits per heavy atom. The molecule has 0 aromatic heterocycles. The third-order valence-electron chi connectivity index (χ3n) is 3.57. The molecule has 0 amide bonds. The first kappa shape index (κ1) is 13.8. The van der Waals surface area contributed by atoms with E-state index >= 15 is 0 Å². The second kappa shape index (κ2) is 4.42. The first-order valence-corrected chi connectivity index (χ1v) is 6.34. The molecule has 3 rings (SSSR count). The van der Waals surface area contributed by atoms with E-state index in [1.165, 1.54) is 13.0 Å². The van der Waals surface area contributed by atoms with Crippen molar-refractivity contribution in [1.29, 1.82) is 0 Å². The highest BCUT2D eigenvalue weighted by Gasteiger charge is 2.35. The van der Waals surface area contributed by atoms with Crippen LogP contribution in [0, 0.1) is 0 Å². The van der Waals surface area contributed by atoms with E-state index in [-0.39, 0.29) is 39.4 Å². The molecule has 0 fully saturated rings. The van der Waals surface area contributed by atoms with Crippen LogP contribution in [0.1, 0.15) is 49.1 Å². The van der Waals surface area contributed by atoms with E-state index in [0.717, 1.165) is 18.2 Å². The summed E-state index contributed by atoms with van der Waals surface area (Å²) in [7, 11) is 0. The Morgan fingerprint density at radius 2 is 1.36 bits per heavy atom. The van der Waals surface area contributed by atoms with Gasteiger partial charge < -0.3 is 15.3 Å². The number of carbonyl (C=O) groups excluding carboxylic acids is 3. The van der Waals surface area contributed by atoms with Crippen molar-refractivity contribution in [2.45, 2.75) is 6.92 Å². The average Bonchev–Trinajstić information content (AvgIpc) is 2.42. The number of aromatic hydroxyl groups is 3. The number of phenols is 3. The highest BCUT2D eigenvalue weighted by molar-refractivity contribution is 6.30. The van der Waals surface area contributed by atoms with Gasteiger partial charge in [-0.3, -0.25) is 14.4 Å². The molecule has 0 atom stereocenters. The lowest BCUT2D eigenvalue weighted by Gasteiger charge is -2.20. The van der Waals surface area contributed by atoms with Crippen LogP contribution in [0.15, 0.2) is 24.3 Å². The Hall–Kier alpha value is -3.15. The molecule has 0 unspecified atom stereocenters. The number of carbonyl (C=O) groups is 3. The van der Waals surface area contributed by atoms with E-state index in [0.29, 0.717) is 0 Å². The zero-order chi connectivity index (χ0) is 16.2. The van der Waals surface area contributed by atoms with Gasteiger partial charge >= 0.3 is 0 Å². The minimum absolute atomic E-state index is 0.0882. The maximum atomic E-state index is 12.5. The van der Waals surface area contributed by atoms with E-state index in [9.17, 15) is 29.7 Å². The Kier molecular flexibility index (Phi) is 2.78. The number of phenolic OH excluding ortho intramolecular Hbond substituents is 3. The molecule has 0 bridgehead atoms. The third-order valence-corrected chi connectivity index (χ3v) is 3.57. The lowest BCUT2D eigenvalue weighted by atomic mass is 9.82. The summed E-state index contributed by atoms with van der Waals surface area (Å²) in [5.74, 6) is -3.19. The lowest BCUT2D eigenvalue weighted by molar-refractivity contribution is 0.0972. The van der Waals surface area contributed by atoms with Crippen molar-refractivity contribution < 1.29 is 29.7 Å². The molecule has 0 saturated heterocycles. The second-order valence-corrected chi connectivity index (χ2v) is 5.02. The predicted octanol–water partition coefficient (Wildman–Crippen LogP) is 1.78. The van der Waals surface area contributed by atoms with Crippen molar-refractivity contribution in [1.82, 2.24) is 0 Å². The van der Waals surface area contributed by atoms with Crippen LogP contribution in [0.5, 0.6) is 17.2 Å². The van der Waals surface area contributed by atoms with E-state index in [2.05, 4.69) is 0 Å². The van der Waals surface area contributed by atoms with E-state index in [1.54, 1.807) is 0 Å². The summed E-state index contributed by atoms with van der Waals surface area (Å²) >= 11 is 0. The topological polar surface area (TPSA) is 112 Å². The van der Waals surface area contributed by atoms with Crippen molar-refractivity contribution >= 4 is 17.3 Å². The van der Waals surface area contributed by atoms with Crippen LogP contribution < -0.4 is 0 Å². The fourth-order valence-corrected chi connectivity index (χ4v) is 2.55. The SMILES string of the molecule is CC(=O)c1cc(O)c2c(c1)C(=O)c1cc(O)cc(O)c1C2=O. The standard InChI is InChI=1S/C16H10O6/c1-6(17)7-2-9-13(11(19)3-7)16(22)14-10(15(9)21)4-8(18)5-12(14)20/h2-5,18-20H,1H3. The second-order valence-electron chi connectivity index (χ2n) is 5.02. The van der Waals surface area contributed by atoms with E-state index in [4.69, 9.17) is 0 Å². The molecule has 1 aliphatic carbocycles. The van der Waals surface area contributed by atoms with Crippen molar-refractivity contribution in [3.05, 3.63) is 52.1 Å². The minimum atomic E-state index is -0.741. The van der Waals surface area contributed by atoms with Crippen molar-refractivity contribution in [2.24, 2.45) is 0 Å². The third kappa shape index (κ3) is 1.77. The molecule has 2 aromatic rings. The maximum Gasteiger partial charge on any atom is 0.201 e. The zero-order valence-electron chi connectivity index (χ0n) is 11.4. The smallest absolute Gasteiger partial charge is 0.201 e.